The van der Waals surface area contributed by atoms with Crippen LogP contribution in [0.2, 0.25) is 0 Å². The Morgan fingerprint density at radius 3 is 3.04 bits per heavy atom. The minimum Gasteiger partial charge on any atom is -0.478 e. The van der Waals surface area contributed by atoms with E-state index in [0.29, 0.717) is 12.1 Å². The second-order valence-corrected chi connectivity index (χ2v) is 7.17. The van der Waals surface area contributed by atoms with Gasteiger partial charge in [0.15, 0.2) is 0 Å². The van der Waals surface area contributed by atoms with Crippen molar-refractivity contribution in [3.05, 3.63) is 40.8 Å². The van der Waals surface area contributed by atoms with Crippen LogP contribution in [0.3, 0.4) is 0 Å². The fourth-order valence-corrected chi connectivity index (χ4v) is 3.97. The summed E-state index contributed by atoms with van der Waals surface area (Å²) in [6.45, 7) is 1.99. The van der Waals surface area contributed by atoms with Gasteiger partial charge < -0.3 is 25.6 Å². The van der Waals surface area contributed by atoms with Crippen molar-refractivity contribution in [1.29, 1.82) is 0 Å². The molecular formula is C17H18BrN5O2. The summed E-state index contributed by atoms with van der Waals surface area (Å²) >= 11 is 3.62. The zero-order valence-electron chi connectivity index (χ0n) is 13.4. The fraction of sp³-hybridized carbons (Fsp3) is 0.294. The Kier molecular flexibility index (Phi) is 4.01. The second kappa shape index (κ2) is 6.20. The number of carboxylic acids is 1. The van der Waals surface area contributed by atoms with Gasteiger partial charge in [-0.15, -0.1) is 0 Å². The van der Waals surface area contributed by atoms with Crippen LogP contribution in [0.4, 0.5) is 11.4 Å². The van der Waals surface area contributed by atoms with E-state index < -0.39 is 5.97 Å². The molecule has 2 aliphatic heterocycles. The third-order valence-corrected chi connectivity index (χ3v) is 5.22. The number of aromatic nitrogens is 2. The molecule has 2 aromatic heterocycles. The molecule has 130 valence electrons. The molecule has 1 saturated heterocycles. The molecule has 4 rings (SSSR count). The maximum absolute atomic E-state index is 11.3. The molecule has 0 spiro atoms. The molecule has 4 heterocycles. The lowest BCUT2D eigenvalue weighted by Gasteiger charge is -2.26. The lowest BCUT2D eigenvalue weighted by Crippen LogP contribution is -2.27. The number of hydrogen-bond donors (Lipinski definition) is 3. The number of anilines is 2. The number of hydrogen-bond acceptors (Lipinski definition) is 5. The van der Waals surface area contributed by atoms with Gasteiger partial charge in [-0.3, -0.25) is 0 Å². The minimum atomic E-state index is -0.903. The third-order valence-electron chi connectivity index (χ3n) is 4.64. The number of allylic oxidation sites excluding steroid dienone is 2. The van der Waals surface area contributed by atoms with E-state index in [0.717, 1.165) is 46.4 Å². The molecule has 0 bridgehead atoms. The predicted octanol–water partition coefficient (Wildman–Crippen LogP) is 2.21. The average molecular weight is 404 g/mol. The van der Waals surface area contributed by atoms with Crippen molar-refractivity contribution in [1.82, 2.24) is 9.97 Å². The Morgan fingerprint density at radius 1 is 1.48 bits per heavy atom. The van der Waals surface area contributed by atoms with Gasteiger partial charge in [0.1, 0.15) is 5.65 Å². The average Bonchev–Trinajstić information content (AvgIpc) is 3.21. The molecule has 1 fully saturated rings. The molecule has 2 aromatic rings. The van der Waals surface area contributed by atoms with E-state index in [1.807, 2.05) is 17.3 Å². The molecule has 8 heteroatoms. The summed E-state index contributed by atoms with van der Waals surface area (Å²) in [6, 6.07) is 0.161. The summed E-state index contributed by atoms with van der Waals surface area (Å²) < 4.78 is 0.907. The maximum atomic E-state index is 11.3. The van der Waals surface area contributed by atoms with E-state index in [1.54, 1.807) is 18.3 Å². The summed E-state index contributed by atoms with van der Waals surface area (Å²) in [4.78, 5) is 23.2. The molecular weight excluding hydrogens is 386 g/mol. The van der Waals surface area contributed by atoms with Crippen molar-refractivity contribution in [2.45, 2.75) is 12.5 Å². The lowest BCUT2D eigenvalue weighted by atomic mass is 10.1. The van der Waals surface area contributed by atoms with Gasteiger partial charge in [-0.05, 0) is 34.5 Å². The lowest BCUT2D eigenvalue weighted by molar-refractivity contribution is -0.132. The van der Waals surface area contributed by atoms with E-state index in [2.05, 4.69) is 30.8 Å². The van der Waals surface area contributed by atoms with Crippen LogP contribution >= 0.6 is 15.9 Å². The Hall–Kier alpha value is -2.32. The van der Waals surface area contributed by atoms with Crippen molar-refractivity contribution < 1.29 is 9.90 Å². The molecule has 4 N–H and O–H groups in total. The fourth-order valence-electron chi connectivity index (χ4n) is 3.42. The first-order valence-corrected chi connectivity index (χ1v) is 8.87. The smallest absolute Gasteiger partial charge is 0.333 e. The zero-order valence-corrected chi connectivity index (χ0v) is 15.0. The van der Waals surface area contributed by atoms with Gasteiger partial charge in [-0.1, -0.05) is 0 Å². The number of halogens is 1. The molecule has 2 aliphatic rings. The highest BCUT2D eigenvalue weighted by atomic mass is 79.9. The van der Waals surface area contributed by atoms with Gasteiger partial charge in [0, 0.05) is 37.7 Å². The largest absolute Gasteiger partial charge is 0.478 e. The third kappa shape index (κ3) is 2.81. The first-order valence-electron chi connectivity index (χ1n) is 8.08. The summed E-state index contributed by atoms with van der Waals surface area (Å²) in [5.41, 5.74) is 9.17. The van der Waals surface area contributed by atoms with Crippen LogP contribution < -0.4 is 15.5 Å². The van der Waals surface area contributed by atoms with Gasteiger partial charge >= 0.3 is 5.97 Å². The number of nitrogens with two attached hydrogens (primary N) is 1. The standard InChI is InChI=1S/C17H18BrN5O2/c18-12-6-20-16-14(15(12)23-5-3-11(19)9-23)13(7-21-16)22-4-1-2-10(8-22)17(24)25/h1-2,4,6-7,11H,3,5,8-9,19H2,(H,20,21)(H,24,25)/t11-/m1/s1. The van der Waals surface area contributed by atoms with Gasteiger partial charge in [0.05, 0.1) is 33.4 Å². The van der Waals surface area contributed by atoms with Crippen molar-refractivity contribution in [2.24, 2.45) is 5.73 Å². The zero-order chi connectivity index (χ0) is 17.6. The Labute approximate surface area is 152 Å². The van der Waals surface area contributed by atoms with E-state index in [9.17, 15) is 9.90 Å². The van der Waals surface area contributed by atoms with E-state index in [1.165, 1.54) is 0 Å². The monoisotopic (exact) mass is 403 g/mol. The molecule has 0 radical (unpaired) electrons. The number of aromatic amines is 1. The van der Waals surface area contributed by atoms with Gasteiger partial charge in [0.2, 0.25) is 0 Å². The quantitative estimate of drug-likeness (QED) is 0.726. The second-order valence-electron chi connectivity index (χ2n) is 6.31. The maximum Gasteiger partial charge on any atom is 0.333 e. The van der Waals surface area contributed by atoms with Crippen LogP contribution in [0.1, 0.15) is 6.42 Å². The molecule has 0 aromatic carbocycles. The molecule has 1 atom stereocenters. The van der Waals surface area contributed by atoms with Crippen molar-refractivity contribution in [3.8, 4) is 0 Å². The highest BCUT2D eigenvalue weighted by molar-refractivity contribution is 9.10. The first kappa shape index (κ1) is 16.2. The van der Waals surface area contributed by atoms with Crippen LogP contribution in [0.5, 0.6) is 0 Å². The Bertz CT molecular complexity index is 904. The topological polar surface area (TPSA) is 98.5 Å². The summed E-state index contributed by atoms with van der Waals surface area (Å²) in [6.07, 6.45) is 9.88. The Morgan fingerprint density at radius 2 is 2.32 bits per heavy atom. The van der Waals surface area contributed by atoms with Crippen molar-refractivity contribution >= 4 is 44.3 Å². The molecule has 7 nitrogen and oxygen atoms in total. The van der Waals surface area contributed by atoms with Crippen LogP contribution in [0.15, 0.2) is 40.8 Å². The number of rotatable bonds is 3. The minimum absolute atomic E-state index is 0.161. The molecule has 25 heavy (non-hydrogen) atoms. The Balaban J connectivity index is 1.81. The molecule has 0 unspecified atom stereocenters. The number of carbonyl (C=O) groups is 1. The van der Waals surface area contributed by atoms with Gasteiger partial charge in [0.25, 0.3) is 0 Å². The van der Waals surface area contributed by atoms with Gasteiger partial charge in [-0.2, -0.15) is 0 Å². The van der Waals surface area contributed by atoms with Crippen LogP contribution in [-0.4, -0.2) is 46.7 Å². The number of aliphatic carboxylic acids is 1. The summed E-state index contributed by atoms with van der Waals surface area (Å²) in [5, 5.41) is 10.3. The predicted molar refractivity (Wildman–Crippen MR) is 101 cm³/mol. The molecule has 0 saturated carbocycles. The van der Waals surface area contributed by atoms with E-state index in [-0.39, 0.29) is 6.04 Å². The summed E-state index contributed by atoms with van der Waals surface area (Å²) in [7, 11) is 0. The van der Waals surface area contributed by atoms with Crippen molar-refractivity contribution in [3.63, 3.8) is 0 Å². The number of H-pyrrole nitrogens is 1. The number of fused-ring (bicyclic) bond motifs is 1. The number of carboxylic acid groups (broad SMARTS) is 1. The molecule has 0 aliphatic carbocycles. The highest BCUT2D eigenvalue weighted by Crippen LogP contribution is 2.40. The van der Waals surface area contributed by atoms with E-state index in [4.69, 9.17) is 5.73 Å². The SMILES string of the molecule is N[C@@H]1CCN(c2c(Br)cnc3[nH]cc(N4C=CC=C(C(=O)O)C4)c23)C1. The highest BCUT2D eigenvalue weighted by Gasteiger charge is 2.27. The van der Waals surface area contributed by atoms with Crippen LogP contribution in [-0.2, 0) is 4.79 Å². The van der Waals surface area contributed by atoms with Crippen LogP contribution in [0.25, 0.3) is 11.0 Å². The van der Waals surface area contributed by atoms with Crippen molar-refractivity contribution in [2.75, 3.05) is 29.4 Å². The van der Waals surface area contributed by atoms with Crippen LogP contribution in [0, 0.1) is 0 Å². The normalized spacial score (nSPS) is 20.4. The number of nitrogens with zero attached hydrogens (tertiary/aromatic N) is 3. The first-order chi connectivity index (χ1) is 12.0. The molecule has 0 amide bonds. The van der Waals surface area contributed by atoms with Gasteiger partial charge in [-0.25, -0.2) is 9.78 Å². The summed E-state index contributed by atoms with van der Waals surface area (Å²) in [5.74, 6) is -0.903. The number of pyridine rings is 1. The number of nitrogens with one attached hydrogen (secondary N) is 1. The van der Waals surface area contributed by atoms with E-state index >= 15 is 0 Å².